The Morgan fingerprint density at radius 3 is 2.67 bits per heavy atom. The monoisotopic (exact) mass is 367 g/mol. The van der Waals surface area contributed by atoms with Gasteiger partial charge in [-0.3, -0.25) is 9.59 Å². The molecule has 2 aromatic rings. The third kappa shape index (κ3) is 5.37. The summed E-state index contributed by atoms with van der Waals surface area (Å²) in [5.41, 5.74) is 2.43. The van der Waals surface area contributed by atoms with Gasteiger partial charge in [0.1, 0.15) is 5.69 Å². The first-order valence-corrected chi connectivity index (χ1v) is 9.32. The van der Waals surface area contributed by atoms with Gasteiger partial charge >= 0.3 is 0 Å². The zero-order valence-corrected chi connectivity index (χ0v) is 15.5. The molecule has 1 fully saturated rings. The Kier molecular flexibility index (Phi) is 6.54. The fourth-order valence-corrected chi connectivity index (χ4v) is 3.14. The zero-order valence-electron chi connectivity index (χ0n) is 15.5. The van der Waals surface area contributed by atoms with Crippen LogP contribution in [-0.2, 0) is 11.2 Å². The lowest BCUT2D eigenvalue weighted by atomic mass is 10.1. The maximum absolute atomic E-state index is 12.6. The van der Waals surface area contributed by atoms with Crippen LogP contribution in [0.4, 0.5) is 0 Å². The van der Waals surface area contributed by atoms with Crippen LogP contribution in [0.1, 0.15) is 51.4 Å². The predicted molar refractivity (Wildman–Crippen MR) is 103 cm³/mol. The average Bonchev–Trinajstić information content (AvgIpc) is 2.72. The van der Waals surface area contributed by atoms with Crippen LogP contribution < -0.4 is 10.6 Å². The van der Waals surface area contributed by atoms with E-state index in [4.69, 9.17) is 4.74 Å². The highest BCUT2D eigenvalue weighted by Gasteiger charge is 2.17. The van der Waals surface area contributed by atoms with Crippen LogP contribution in [0.15, 0.2) is 42.5 Å². The molecule has 1 unspecified atom stereocenters. The molecule has 1 aliphatic heterocycles. The van der Waals surface area contributed by atoms with E-state index in [2.05, 4.69) is 15.6 Å². The molecule has 1 saturated heterocycles. The number of pyridine rings is 1. The van der Waals surface area contributed by atoms with E-state index >= 15 is 0 Å². The lowest BCUT2D eigenvalue weighted by Gasteiger charge is -2.22. The van der Waals surface area contributed by atoms with Crippen molar-refractivity contribution in [3.63, 3.8) is 0 Å². The standard InChI is InChI=1S/C21H25N3O3/c1-22-21(26)19-13-16(20(25)23-14-18-9-5-6-10-27-18)12-17(24-19)11-15-7-3-2-4-8-15/h2-4,7-8,12-13,18H,5-6,9-11,14H2,1H3,(H,22,26)(H,23,25). The van der Waals surface area contributed by atoms with E-state index in [9.17, 15) is 9.59 Å². The van der Waals surface area contributed by atoms with Crippen molar-refractivity contribution in [3.8, 4) is 0 Å². The summed E-state index contributed by atoms with van der Waals surface area (Å²) in [5, 5.41) is 5.49. The minimum atomic E-state index is -0.311. The Morgan fingerprint density at radius 1 is 1.15 bits per heavy atom. The Bertz CT molecular complexity index is 787. The molecule has 27 heavy (non-hydrogen) atoms. The highest BCUT2D eigenvalue weighted by atomic mass is 16.5. The molecular weight excluding hydrogens is 342 g/mol. The van der Waals surface area contributed by atoms with Crippen molar-refractivity contribution in [2.75, 3.05) is 20.2 Å². The summed E-state index contributed by atoms with van der Waals surface area (Å²) in [6.45, 7) is 1.22. The fourth-order valence-electron chi connectivity index (χ4n) is 3.14. The van der Waals surface area contributed by atoms with Crippen LogP contribution in [0.25, 0.3) is 0 Å². The lowest BCUT2D eigenvalue weighted by Crippen LogP contribution is -2.35. The molecule has 0 saturated carbocycles. The summed E-state index contributed by atoms with van der Waals surface area (Å²) in [7, 11) is 1.55. The molecule has 2 N–H and O–H groups in total. The highest BCUT2D eigenvalue weighted by Crippen LogP contribution is 2.14. The number of aromatic nitrogens is 1. The number of nitrogens with zero attached hydrogens (tertiary/aromatic N) is 1. The van der Waals surface area contributed by atoms with Crippen LogP contribution in [0.5, 0.6) is 0 Å². The Labute approximate surface area is 159 Å². The molecule has 2 amide bonds. The molecule has 142 valence electrons. The number of nitrogens with one attached hydrogen (secondary N) is 2. The van der Waals surface area contributed by atoms with Gasteiger partial charge in [0.2, 0.25) is 0 Å². The second-order valence-corrected chi connectivity index (χ2v) is 6.67. The molecule has 0 radical (unpaired) electrons. The van der Waals surface area contributed by atoms with Gasteiger partial charge in [-0.05, 0) is 37.0 Å². The first-order chi connectivity index (χ1) is 13.2. The lowest BCUT2D eigenvalue weighted by molar-refractivity contribution is 0.0169. The molecule has 1 atom stereocenters. The second-order valence-electron chi connectivity index (χ2n) is 6.67. The molecule has 6 heteroatoms. The van der Waals surface area contributed by atoms with Gasteiger partial charge in [0.05, 0.1) is 6.10 Å². The quantitative estimate of drug-likeness (QED) is 0.821. The molecule has 0 spiro atoms. The number of carbonyl (C=O) groups is 2. The summed E-state index contributed by atoms with van der Waals surface area (Å²) < 4.78 is 5.66. The van der Waals surface area contributed by atoms with E-state index in [1.54, 1.807) is 13.1 Å². The molecule has 1 aromatic heterocycles. The molecule has 3 rings (SSSR count). The van der Waals surface area contributed by atoms with E-state index in [0.717, 1.165) is 31.4 Å². The van der Waals surface area contributed by atoms with Gasteiger partial charge in [-0.25, -0.2) is 4.98 Å². The molecule has 0 bridgehead atoms. The number of ether oxygens (including phenoxy) is 1. The van der Waals surface area contributed by atoms with Gasteiger partial charge in [0.25, 0.3) is 11.8 Å². The van der Waals surface area contributed by atoms with Crippen molar-refractivity contribution in [1.29, 1.82) is 0 Å². The summed E-state index contributed by atoms with van der Waals surface area (Å²) in [6.07, 6.45) is 3.77. The maximum Gasteiger partial charge on any atom is 0.269 e. The van der Waals surface area contributed by atoms with Gasteiger partial charge in [-0.1, -0.05) is 30.3 Å². The number of hydrogen-bond acceptors (Lipinski definition) is 4. The van der Waals surface area contributed by atoms with E-state index in [1.165, 1.54) is 6.07 Å². The molecule has 1 aromatic carbocycles. The molecule has 6 nitrogen and oxygen atoms in total. The predicted octanol–water partition coefficient (Wildman–Crippen LogP) is 2.33. The van der Waals surface area contributed by atoms with Crippen molar-refractivity contribution >= 4 is 11.8 Å². The van der Waals surface area contributed by atoms with Crippen molar-refractivity contribution in [3.05, 3.63) is 65.0 Å². The molecule has 1 aliphatic rings. The van der Waals surface area contributed by atoms with Crippen LogP contribution in [0.3, 0.4) is 0 Å². The van der Waals surface area contributed by atoms with Crippen LogP contribution >= 0.6 is 0 Å². The minimum Gasteiger partial charge on any atom is -0.376 e. The third-order valence-corrected chi connectivity index (χ3v) is 4.59. The van der Waals surface area contributed by atoms with Crippen LogP contribution in [-0.4, -0.2) is 43.1 Å². The van der Waals surface area contributed by atoms with E-state index in [1.807, 2.05) is 30.3 Å². The van der Waals surface area contributed by atoms with Crippen molar-refractivity contribution in [2.45, 2.75) is 31.8 Å². The summed E-state index contributed by atoms with van der Waals surface area (Å²) in [6, 6.07) is 13.1. The first kappa shape index (κ1) is 19.0. The highest BCUT2D eigenvalue weighted by molar-refractivity contribution is 5.98. The zero-order chi connectivity index (χ0) is 19.1. The number of amides is 2. The topological polar surface area (TPSA) is 80.3 Å². The molecule has 2 heterocycles. The normalized spacial score (nSPS) is 16.6. The van der Waals surface area contributed by atoms with E-state index < -0.39 is 0 Å². The summed E-state index contributed by atoms with van der Waals surface area (Å²) >= 11 is 0. The van der Waals surface area contributed by atoms with E-state index in [-0.39, 0.29) is 23.6 Å². The van der Waals surface area contributed by atoms with Crippen molar-refractivity contribution in [2.24, 2.45) is 0 Å². The molecule has 0 aliphatic carbocycles. The van der Waals surface area contributed by atoms with Gasteiger partial charge in [-0.2, -0.15) is 0 Å². The average molecular weight is 367 g/mol. The van der Waals surface area contributed by atoms with Gasteiger partial charge < -0.3 is 15.4 Å². The second kappa shape index (κ2) is 9.28. The smallest absolute Gasteiger partial charge is 0.269 e. The minimum absolute atomic E-state index is 0.0618. The van der Waals surface area contributed by atoms with E-state index in [0.29, 0.717) is 24.2 Å². The van der Waals surface area contributed by atoms with Crippen molar-refractivity contribution in [1.82, 2.24) is 15.6 Å². The maximum atomic E-state index is 12.6. The fraction of sp³-hybridized carbons (Fsp3) is 0.381. The Morgan fingerprint density at radius 2 is 1.96 bits per heavy atom. The summed E-state index contributed by atoms with van der Waals surface area (Å²) in [4.78, 5) is 29.1. The van der Waals surface area contributed by atoms with Crippen LogP contribution in [0, 0.1) is 0 Å². The Hall–Kier alpha value is -2.73. The van der Waals surface area contributed by atoms with Gasteiger partial charge in [0.15, 0.2) is 0 Å². The summed E-state index contributed by atoms with van der Waals surface area (Å²) in [5.74, 6) is -0.527. The number of hydrogen-bond donors (Lipinski definition) is 2. The largest absolute Gasteiger partial charge is 0.376 e. The number of carbonyl (C=O) groups excluding carboxylic acids is 2. The number of rotatable bonds is 6. The van der Waals surface area contributed by atoms with Crippen LogP contribution in [0.2, 0.25) is 0 Å². The van der Waals surface area contributed by atoms with Gasteiger partial charge in [0, 0.05) is 37.9 Å². The van der Waals surface area contributed by atoms with Crippen molar-refractivity contribution < 1.29 is 14.3 Å². The third-order valence-electron chi connectivity index (χ3n) is 4.59. The Balaban J connectivity index is 1.76. The first-order valence-electron chi connectivity index (χ1n) is 9.32. The van der Waals surface area contributed by atoms with Gasteiger partial charge in [-0.15, -0.1) is 0 Å². The molecular formula is C21H25N3O3. The SMILES string of the molecule is CNC(=O)c1cc(C(=O)NCC2CCCCO2)cc(Cc2ccccc2)n1. The number of benzene rings is 1.